The average Bonchev–Trinajstić information content (AvgIpc) is 2.60. The Morgan fingerprint density at radius 1 is 1.04 bits per heavy atom. The molecule has 3 aromatic rings. The van der Waals surface area contributed by atoms with Crippen LogP contribution in [0.1, 0.15) is 0 Å². The van der Waals surface area contributed by atoms with Crippen molar-refractivity contribution in [3.8, 4) is 11.5 Å². The molecular formula is C16H16AsN3O5. The zero-order chi connectivity index (χ0) is 18.0. The van der Waals surface area contributed by atoms with Gasteiger partial charge in [0.15, 0.2) is 0 Å². The Hall–Kier alpha value is -2.54. The van der Waals surface area contributed by atoms with Gasteiger partial charge in [-0.2, -0.15) is 0 Å². The second-order valence-electron chi connectivity index (χ2n) is 5.13. The van der Waals surface area contributed by atoms with Crippen LogP contribution in [0.15, 0.2) is 42.7 Å². The van der Waals surface area contributed by atoms with Gasteiger partial charge >= 0.3 is 146 Å². The molecule has 0 spiro atoms. The van der Waals surface area contributed by atoms with E-state index in [1.165, 1.54) is 26.6 Å². The minimum absolute atomic E-state index is 0.0483. The van der Waals surface area contributed by atoms with Gasteiger partial charge in [0.25, 0.3) is 0 Å². The predicted octanol–water partition coefficient (Wildman–Crippen LogP) is 0.952. The molecule has 3 N–H and O–H groups in total. The molecular weight excluding hydrogens is 389 g/mol. The first kappa shape index (κ1) is 17.3. The molecule has 8 nitrogen and oxygen atoms in total. The standard InChI is InChI=1S/C16H16AsN3O5/c1-24-14-7-10-13(8-15(14)25-2)18-9-19-16(10)20-12-6-4-3-5-11(12)17(21,22)23/h3-9H,1-2H3,(H,18,19,20)(H2,21,22,23). The first-order valence-electron chi connectivity index (χ1n) is 7.23. The van der Waals surface area contributed by atoms with Crippen molar-refractivity contribution in [2.45, 2.75) is 0 Å². The topological polar surface area (TPSA) is 114 Å². The van der Waals surface area contributed by atoms with Gasteiger partial charge in [-0.3, -0.25) is 0 Å². The Kier molecular flexibility index (Phi) is 4.67. The molecule has 0 saturated carbocycles. The third-order valence-electron chi connectivity index (χ3n) is 3.61. The molecule has 0 bridgehead atoms. The predicted molar refractivity (Wildman–Crippen MR) is 92.9 cm³/mol. The monoisotopic (exact) mass is 405 g/mol. The number of aromatic nitrogens is 2. The van der Waals surface area contributed by atoms with Crippen molar-refractivity contribution >= 4 is 40.9 Å². The molecule has 0 aliphatic carbocycles. The van der Waals surface area contributed by atoms with Crippen molar-refractivity contribution in [3.63, 3.8) is 0 Å². The number of hydrogen-bond acceptors (Lipinski definition) is 6. The number of fused-ring (bicyclic) bond motifs is 1. The van der Waals surface area contributed by atoms with Crippen LogP contribution in [0.3, 0.4) is 0 Å². The molecule has 3 rings (SSSR count). The summed E-state index contributed by atoms with van der Waals surface area (Å²) in [6.07, 6.45) is 1.36. The summed E-state index contributed by atoms with van der Waals surface area (Å²) in [5.74, 6) is 1.43. The van der Waals surface area contributed by atoms with Crippen molar-refractivity contribution in [2.75, 3.05) is 19.5 Å². The van der Waals surface area contributed by atoms with Crippen LogP contribution in [0.4, 0.5) is 11.5 Å². The first-order chi connectivity index (χ1) is 11.9. The first-order valence-corrected chi connectivity index (χ1v) is 10.6. The van der Waals surface area contributed by atoms with Crippen LogP contribution in [0.5, 0.6) is 11.5 Å². The fourth-order valence-corrected chi connectivity index (χ4v) is 3.96. The van der Waals surface area contributed by atoms with E-state index in [-0.39, 0.29) is 4.35 Å². The normalized spacial score (nSPS) is 11.4. The van der Waals surface area contributed by atoms with E-state index in [1.54, 1.807) is 30.3 Å². The summed E-state index contributed by atoms with van der Waals surface area (Å²) in [6, 6.07) is 9.66. The van der Waals surface area contributed by atoms with Crippen molar-refractivity contribution < 1.29 is 21.4 Å². The molecule has 0 radical (unpaired) electrons. The molecule has 0 unspecified atom stereocenters. The van der Waals surface area contributed by atoms with E-state index in [1.807, 2.05) is 0 Å². The summed E-state index contributed by atoms with van der Waals surface area (Å²) < 4.78 is 41.4. The number of nitrogens with one attached hydrogen (secondary N) is 1. The van der Waals surface area contributed by atoms with E-state index in [9.17, 15) is 11.9 Å². The van der Waals surface area contributed by atoms with Crippen LogP contribution in [-0.4, -0.2) is 46.6 Å². The van der Waals surface area contributed by atoms with Gasteiger partial charge in [0.2, 0.25) is 0 Å². The fourth-order valence-electron chi connectivity index (χ4n) is 2.44. The van der Waals surface area contributed by atoms with Crippen LogP contribution < -0.4 is 19.1 Å². The molecule has 1 aromatic heterocycles. The molecule has 130 valence electrons. The zero-order valence-corrected chi connectivity index (χ0v) is 15.4. The SMILES string of the molecule is COc1cc2ncnc(Nc3ccccc3[As](=O)(O)O)c2cc1OC. The number of hydrogen-bond donors (Lipinski definition) is 3. The van der Waals surface area contributed by atoms with Crippen LogP contribution in [0.25, 0.3) is 10.9 Å². The molecule has 9 heteroatoms. The van der Waals surface area contributed by atoms with Gasteiger partial charge in [-0.05, 0) is 0 Å². The maximum atomic E-state index is 11.7. The van der Waals surface area contributed by atoms with Gasteiger partial charge in [-0.25, -0.2) is 0 Å². The van der Waals surface area contributed by atoms with Crippen molar-refractivity contribution in [3.05, 3.63) is 42.7 Å². The van der Waals surface area contributed by atoms with Crippen LogP contribution in [0.2, 0.25) is 0 Å². The van der Waals surface area contributed by atoms with Crippen LogP contribution in [-0.2, 0) is 3.74 Å². The minimum atomic E-state index is -5.09. The summed E-state index contributed by atoms with van der Waals surface area (Å²) >= 11 is -5.09. The molecule has 0 saturated heterocycles. The van der Waals surface area contributed by atoms with E-state index in [2.05, 4.69) is 15.3 Å². The summed E-state index contributed by atoms with van der Waals surface area (Å²) in [6.45, 7) is 0. The second kappa shape index (κ2) is 6.76. The number of anilines is 2. The molecule has 2 aromatic carbocycles. The molecule has 0 aliphatic rings. The summed E-state index contributed by atoms with van der Waals surface area (Å²) in [5.41, 5.74) is 0.902. The Morgan fingerprint density at radius 2 is 1.72 bits per heavy atom. The van der Waals surface area contributed by atoms with Crippen molar-refractivity contribution in [1.29, 1.82) is 0 Å². The summed E-state index contributed by atoms with van der Waals surface area (Å²) in [5, 5.41) is 3.62. The quantitative estimate of drug-likeness (QED) is 0.538. The summed E-state index contributed by atoms with van der Waals surface area (Å²) in [4.78, 5) is 8.39. The van der Waals surface area contributed by atoms with Crippen LogP contribution >= 0.6 is 0 Å². The van der Waals surface area contributed by atoms with Gasteiger partial charge in [0, 0.05) is 0 Å². The van der Waals surface area contributed by atoms with E-state index in [4.69, 9.17) is 9.47 Å². The molecule has 0 atom stereocenters. The van der Waals surface area contributed by atoms with E-state index in [0.717, 1.165) is 0 Å². The number of benzene rings is 2. The molecule has 0 aliphatic heterocycles. The van der Waals surface area contributed by atoms with Gasteiger partial charge in [-0.1, -0.05) is 0 Å². The van der Waals surface area contributed by atoms with Crippen molar-refractivity contribution in [2.24, 2.45) is 0 Å². The zero-order valence-electron chi connectivity index (χ0n) is 13.5. The number of rotatable bonds is 5. The van der Waals surface area contributed by atoms with E-state index < -0.39 is 14.2 Å². The number of ether oxygens (including phenoxy) is 2. The Labute approximate surface area is 146 Å². The Balaban J connectivity index is 2.13. The van der Waals surface area contributed by atoms with Gasteiger partial charge in [0.05, 0.1) is 0 Å². The van der Waals surface area contributed by atoms with Crippen LogP contribution in [0, 0.1) is 0 Å². The van der Waals surface area contributed by atoms with Gasteiger partial charge < -0.3 is 0 Å². The second-order valence-corrected chi connectivity index (χ2v) is 8.43. The summed E-state index contributed by atoms with van der Waals surface area (Å²) in [7, 11) is 3.05. The Morgan fingerprint density at radius 3 is 2.40 bits per heavy atom. The van der Waals surface area contributed by atoms with Gasteiger partial charge in [0.1, 0.15) is 0 Å². The number of para-hydroxylation sites is 1. The Bertz CT molecular complexity index is 973. The van der Waals surface area contributed by atoms with Crippen molar-refractivity contribution in [1.82, 2.24) is 9.97 Å². The fraction of sp³-hybridized carbons (Fsp3) is 0.125. The molecule has 25 heavy (non-hydrogen) atoms. The average molecular weight is 405 g/mol. The third kappa shape index (κ3) is 3.46. The number of nitrogens with zero attached hydrogens (tertiary/aromatic N) is 2. The molecule has 0 fully saturated rings. The van der Waals surface area contributed by atoms with E-state index in [0.29, 0.717) is 33.9 Å². The number of methoxy groups -OCH3 is 2. The van der Waals surface area contributed by atoms with E-state index >= 15 is 0 Å². The third-order valence-corrected chi connectivity index (χ3v) is 5.75. The van der Waals surface area contributed by atoms with Gasteiger partial charge in [-0.15, -0.1) is 0 Å². The molecule has 1 heterocycles. The molecule has 0 amide bonds. The maximum absolute atomic E-state index is 11.7.